The molecule has 2 amide bonds. The quantitative estimate of drug-likeness (QED) is 0.459. The van der Waals surface area contributed by atoms with Crippen molar-refractivity contribution in [3.05, 3.63) is 23.8 Å². The van der Waals surface area contributed by atoms with Gasteiger partial charge in [0, 0.05) is 25.7 Å². The van der Waals surface area contributed by atoms with Gasteiger partial charge in [0.2, 0.25) is 0 Å². The van der Waals surface area contributed by atoms with Gasteiger partial charge < -0.3 is 21.3 Å². The molecule has 1 rings (SSSR count). The van der Waals surface area contributed by atoms with Crippen molar-refractivity contribution in [2.24, 2.45) is 11.7 Å². The minimum atomic E-state index is -0.727. The van der Waals surface area contributed by atoms with Crippen LogP contribution in [0.1, 0.15) is 21.0 Å². The zero-order valence-electron chi connectivity index (χ0n) is 9.54. The molecule has 1 heterocycles. The Kier molecular flexibility index (Phi) is 5.15. The molecule has 0 aliphatic carbocycles. The fourth-order valence-electron chi connectivity index (χ4n) is 1.09. The molecule has 0 fully saturated rings. The molecule has 0 spiro atoms. The summed E-state index contributed by atoms with van der Waals surface area (Å²) in [6, 6.07) is 0. The maximum Gasteiger partial charge on any atom is 0.271 e. The van der Waals surface area contributed by atoms with E-state index in [1.807, 2.05) is 0 Å². The van der Waals surface area contributed by atoms with Gasteiger partial charge in [-0.1, -0.05) is 0 Å². The number of amides is 2. The molecular weight excluding hydrogens is 240 g/mol. The standard InChI is InChI=1S/C10H14N4O4/c11-9(17)7-2-13-8(3-12-7)10(18)14-1-6(4-15)5-16/h2-3,6,15-16H,1,4-5H2,(H2,11,17)(H,14,18). The number of aliphatic hydroxyl groups excluding tert-OH is 2. The number of aliphatic hydroxyl groups is 2. The van der Waals surface area contributed by atoms with Crippen molar-refractivity contribution in [2.75, 3.05) is 19.8 Å². The van der Waals surface area contributed by atoms with E-state index in [2.05, 4.69) is 15.3 Å². The molecule has 0 aromatic carbocycles. The number of nitrogens with zero attached hydrogens (tertiary/aromatic N) is 2. The summed E-state index contributed by atoms with van der Waals surface area (Å²) in [5.74, 6) is -1.66. The third-order valence-electron chi connectivity index (χ3n) is 2.20. The Labute approximate surface area is 103 Å². The van der Waals surface area contributed by atoms with Crippen LogP contribution in [-0.4, -0.2) is 51.8 Å². The fraction of sp³-hybridized carbons (Fsp3) is 0.400. The van der Waals surface area contributed by atoms with Gasteiger partial charge >= 0.3 is 0 Å². The van der Waals surface area contributed by atoms with Crippen molar-refractivity contribution in [2.45, 2.75) is 0 Å². The van der Waals surface area contributed by atoms with E-state index >= 15 is 0 Å². The molecular formula is C10H14N4O4. The number of rotatable bonds is 6. The highest BCUT2D eigenvalue weighted by Gasteiger charge is 2.12. The van der Waals surface area contributed by atoms with E-state index in [-0.39, 0.29) is 31.1 Å². The van der Waals surface area contributed by atoms with Gasteiger partial charge in [-0.3, -0.25) is 9.59 Å². The van der Waals surface area contributed by atoms with Gasteiger partial charge in [0.25, 0.3) is 11.8 Å². The van der Waals surface area contributed by atoms with Crippen LogP contribution >= 0.6 is 0 Å². The lowest BCUT2D eigenvalue weighted by Crippen LogP contribution is -2.33. The second-order valence-corrected chi connectivity index (χ2v) is 3.59. The first-order valence-corrected chi connectivity index (χ1v) is 5.20. The molecule has 0 atom stereocenters. The molecule has 5 N–H and O–H groups in total. The van der Waals surface area contributed by atoms with Crippen molar-refractivity contribution in [3.8, 4) is 0 Å². The molecule has 0 radical (unpaired) electrons. The molecule has 8 nitrogen and oxygen atoms in total. The third-order valence-corrected chi connectivity index (χ3v) is 2.20. The summed E-state index contributed by atoms with van der Waals surface area (Å²) in [6.07, 6.45) is 2.23. The van der Waals surface area contributed by atoms with Gasteiger partial charge in [0.1, 0.15) is 11.4 Å². The molecule has 0 aliphatic heterocycles. The molecule has 0 bridgehead atoms. The minimum Gasteiger partial charge on any atom is -0.396 e. The maximum absolute atomic E-state index is 11.6. The highest BCUT2D eigenvalue weighted by Crippen LogP contribution is 1.96. The fourth-order valence-corrected chi connectivity index (χ4v) is 1.09. The van der Waals surface area contributed by atoms with Crippen molar-refractivity contribution in [1.82, 2.24) is 15.3 Å². The van der Waals surface area contributed by atoms with Crippen LogP contribution in [0.25, 0.3) is 0 Å². The number of carbonyl (C=O) groups excluding carboxylic acids is 2. The van der Waals surface area contributed by atoms with Gasteiger partial charge in [-0.15, -0.1) is 0 Å². The molecule has 0 unspecified atom stereocenters. The van der Waals surface area contributed by atoms with Crippen LogP contribution < -0.4 is 11.1 Å². The van der Waals surface area contributed by atoms with E-state index in [1.54, 1.807) is 0 Å². The highest BCUT2D eigenvalue weighted by atomic mass is 16.3. The molecule has 8 heteroatoms. The van der Waals surface area contributed by atoms with E-state index in [0.29, 0.717) is 0 Å². The monoisotopic (exact) mass is 254 g/mol. The van der Waals surface area contributed by atoms with Crippen molar-refractivity contribution in [1.29, 1.82) is 0 Å². The lowest BCUT2D eigenvalue weighted by Gasteiger charge is -2.11. The highest BCUT2D eigenvalue weighted by molar-refractivity contribution is 5.93. The summed E-state index contributed by atoms with van der Waals surface area (Å²) in [5, 5.41) is 20.1. The average molecular weight is 254 g/mol. The molecule has 18 heavy (non-hydrogen) atoms. The Balaban J connectivity index is 2.59. The average Bonchev–Trinajstić information content (AvgIpc) is 2.39. The minimum absolute atomic E-state index is 0.0228. The van der Waals surface area contributed by atoms with Crippen LogP contribution in [0.2, 0.25) is 0 Å². The van der Waals surface area contributed by atoms with E-state index in [9.17, 15) is 9.59 Å². The molecule has 0 aliphatic rings. The van der Waals surface area contributed by atoms with Crippen molar-refractivity contribution in [3.63, 3.8) is 0 Å². The van der Waals surface area contributed by atoms with Gasteiger partial charge in [-0.05, 0) is 0 Å². The summed E-state index contributed by atoms with van der Waals surface area (Å²) in [5.41, 5.74) is 4.97. The van der Waals surface area contributed by atoms with Gasteiger partial charge in [0.15, 0.2) is 0 Å². The van der Waals surface area contributed by atoms with Crippen molar-refractivity contribution >= 4 is 11.8 Å². The van der Waals surface area contributed by atoms with Crippen LogP contribution in [0.3, 0.4) is 0 Å². The number of nitrogens with one attached hydrogen (secondary N) is 1. The number of nitrogens with two attached hydrogens (primary N) is 1. The lowest BCUT2D eigenvalue weighted by atomic mass is 10.2. The van der Waals surface area contributed by atoms with Crippen LogP contribution in [0.5, 0.6) is 0 Å². The Morgan fingerprint density at radius 2 is 1.78 bits per heavy atom. The summed E-state index contributed by atoms with van der Waals surface area (Å²) in [4.78, 5) is 29.7. The van der Waals surface area contributed by atoms with E-state index in [4.69, 9.17) is 15.9 Å². The summed E-state index contributed by atoms with van der Waals surface area (Å²) in [6.45, 7) is -0.350. The normalized spacial score (nSPS) is 10.4. The Bertz CT molecular complexity index is 416. The van der Waals surface area contributed by atoms with Crippen molar-refractivity contribution < 1.29 is 19.8 Å². The topological polar surface area (TPSA) is 138 Å². The first kappa shape index (κ1) is 14.0. The number of carbonyl (C=O) groups is 2. The summed E-state index contributed by atoms with van der Waals surface area (Å²) >= 11 is 0. The molecule has 1 aromatic rings. The van der Waals surface area contributed by atoms with E-state index < -0.39 is 17.7 Å². The van der Waals surface area contributed by atoms with Gasteiger partial charge in [-0.2, -0.15) is 0 Å². The predicted molar refractivity (Wildman–Crippen MR) is 60.5 cm³/mol. The summed E-state index contributed by atoms with van der Waals surface area (Å²) in [7, 11) is 0. The Morgan fingerprint density at radius 3 is 2.22 bits per heavy atom. The number of hydrogen-bond acceptors (Lipinski definition) is 6. The second kappa shape index (κ2) is 6.62. The van der Waals surface area contributed by atoms with Gasteiger partial charge in [-0.25, -0.2) is 9.97 Å². The number of primary amides is 1. The van der Waals surface area contributed by atoms with E-state index in [1.165, 1.54) is 0 Å². The SMILES string of the molecule is NC(=O)c1cnc(C(=O)NCC(CO)CO)cn1. The summed E-state index contributed by atoms with van der Waals surface area (Å²) < 4.78 is 0. The third kappa shape index (κ3) is 3.75. The first-order valence-electron chi connectivity index (χ1n) is 5.20. The zero-order valence-corrected chi connectivity index (χ0v) is 9.54. The largest absolute Gasteiger partial charge is 0.396 e. The molecule has 1 aromatic heterocycles. The van der Waals surface area contributed by atoms with E-state index in [0.717, 1.165) is 12.4 Å². The van der Waals surface area contributed by atoms with Crippen LogP contribution in [-0.2, 0) is 0 Å². The predicted octanol–water partition coefficient (Wildman–Crippen LogP) is -2.09. The Morgan fingerprint density at radius 1 is 1.22 bits per heavy atom. The van der Waals surface area contributed by atoms with Crippen LogP contribution in [0.4, 0.5) is 0 Å². The molecule has 0 saturated heterocycles. The molecule has 0 saturated carbocycles. The van der Waals surface area contributed by atoms with Crippen LogP contribution in [0, 0.1) is 5.92 Å². The maximum atomic E-state index is 11.6. The smallest absolute Gasteiger partial charge is 0.271 e. The van der Waals surface area contributed by atoms with Crippen LogP contribution in [0.15, 0.2) is 12.4 Å². The Hall–Kier alpha value is -2.06. The zero-order chi connectivity index (χ0) is 13.5. The molecule has 98 valence electrons. The second-order valence-electron chi connectivity index (χ2n) is 3.59. The number of hydrogen-bond donors (Lipinski definition) is 4. The lowest BCUT2D eigenvalue weighted by molar-refractivity contribution is 0.0913. The number of aromatic nitrogens is 2. The first-order chi connectivity index (χ1) is 8.58. The van der Waals surface area contributed by atoms with Gasteiger partial charge in [0.05, 0.1) is 12.4 Å².